The lowest BCUT2D eigenvalue weighted by molar-refractivity contribution is 0.472. The Kier molecular flexibility index (Phi) is 4.67. The minimum atomic E-state index is -3.45. The van der Waals surface area contributed by atoms with Gasteiger partial charge >= 0.3 is 0 Å². The van der Waals surface area contributed by atoms with E-state index in [1.807, 2.05) is 19.2 Å². The smallest absolute Gasteiger partial charge is 0.242 e. The van der Waals surface area contributed by atoms with Crippen molar-refractivity contribution >= 4 is 15.7 Å². The zero-order valence-corrected chi connectivity index (χ0v) is 12.9. The monoisotopic (exact) mass is 297 g/mol. The molecule has 2 unspecified atom stereocenters. The Morgan fingerprint density at radius 1 is 1.35 bits per heavy atom. The summed E-state index contributed by atoms with van der Waals surface area (Å²) in [6.07, 6.45) is 3.33. The highest BCUT2D eigenvalue weighted by Gasteiger charge is 2.31. The van der Waals surface area contributed by atoms with Gasteiger partial charge in [0.05, 0.1) is 5.69 Å². The fraction of sp³-hybridized carbons (Fsp3) is 0.571. The summed E-state index contributed by atoms with van der Waals surface area (Å²) in [7, 11) is -0.0547. The molecule has 0 radical (unpaired) electrons. The largest absolute Gasteiger partial charge is 0.370 e. The maximum Gasteiger partial charge on any atom is 0.242 e. The molecule has 0 heterocycles. The van der Waals surface area contributed by atoms with Gasteiger partial charge in [0.1, 0.15) is 4.90 Å². The van der Waals surface area contributed by atoms with E-state index in [2.05, 4.69) is 9.62 Å². The van der Waals surface area contributed by atoms with Crippen molar-refractivity contribution in [2.45, 2.75) is 30.2 Å². The Hall–Kier alpha value is -1.11. The minimum absolute atomic E-state index is 0.313. The zero-order chi connectivity index (χ0) is 14.8. The first-order chi connectivity index (χ1) is 9.51. The van der Waals surface area contributed by atoms with Crippen molar-refractivity contribution in [2.24, 2.45) is 11.7 Å². The summed E-state index contributed by atoms with van der Waals surface area (Å²) in [5, 5.41) is 0. The van der Waals surface area contributed by atoms with Crippen LogP contribution in [0.3, 0.4) is 0 Å². The molecule has 0 spiro atoms. The van der Waals surface area contributed by atoms with E-state index in [1.165, 1.54) is 7.05 Å². The third-order valence-electron chi connectivity index (χ3n) is 4.22. The molecular formula is C14H23N3O2S. The van der Waals surface area contributed by atoms with E-state index >= 15 is 0 Å². The molecular weight excluding hydrogens is 274 g/mol. The summed E-state index contributed by atoms with van der Waals surface area (Å²) in [6.45, 7) is 0.649. The molecule has 1 aromatic carbocycles. The number of para-hydroxylation sites is 1. The maximum atomic E-state index is 12.1. The Bertz CT molecular complexity index is 559. The van der Waals surface area contributed by atoms with Gasteiger partial charge in [-0.1, -0.05) is 18.6 Å². The van der Waals surface area contributed by atoms with Crippen molar-refractivity contribution in [3.63, 3.8) is 0 Å². The predicted molar refractivity (Wildman–Crippen MR) is 81.3 cm³/mol. The van der Waals surface area contributed by atoms with Crippen LogP contribution < -0.4 is 15.4 Å². The number of benzene rings is 1. The molecule has 1 aliphatic rings. The number of hydrogen-bond acceptors (Lipinski definition) is 4. The van der Waals surface area contributed by atoms with Crippen LogP contribution in [0.5, 0.6) is 0 Å². The van der Waals surface area contributed by atoms with Gasteiger partial charge in [-0.15, -0.1) is 0 Å². The van der Waals surface area contributed by atoms with Gasteiger partial charge in [0.15, 0.2) is 0 Å². The molecule has 0 saturated heterocycles. The highest BCUT2D eigenvalue weighted by molar-refractivity contribution is 7.89. The van der Waals surface area contributed by atoms with Crippen molar-refractivity contribution < 1.29 is 8.42 Å². The number of nitrogens with one attached hydrogen (secondary N) is 1. The van der Waals surface area contributed by atoms with E-state index in [0.717, 1.165) is 24.9 Å². The number of rotatable bonds is 5. The van der Waals surface area contributed by atoms with Crippen molar-refractivity contribution in [1.29, 1.82) is 0 Å². The summed E-state index contributed by atoms with van der Waals surface area (Å²) in [6, 6.07) is 7.43. The third kappa shape index (κ3) is 2.82. The fourth-order valence-corrected chi connectivity index (χ4v) is 4.03. The summed E-state index contributed by atoms with van der Waals surface area (Å²) in [5.41, 5.74) is 6.58. The second-order valence-electron chi connectivity index (χ2n) is 5.28. The summed E-state index contributed by atoms with van der Waals surface area (Å²) < 4.78 is 26.6. The molecule has 0 amide bonds. The van der Waals surface area contributed by atoms with E-state index in [-0.39, 0.29) is 0 Å². The molecule has 2 rings (SSSR count). The number of sulfonamides is 1. The number of nitrogens with two attached hydrogens (primary N) is 1. The van der Waals surface area contributed by atoms with Crippen LogP contribution in [-0.4, -0.2) is 35.1 Å². The van der Waals surface area contributed by atoms with Crippen LogP contribution in [0, 0.1) is 5.92 Å². The molecule has 0 aromatic heterocycles. The minimum Gasteiger partial charge on any atom is -0.370 e. The van der Waals surface area contributed by atoms with E-state index in [4.69, 9.17) is 5.73 Å². The first kappa shape index (κ1) is 15.3. The molecule has 1 aliphatic carbocycles. The molecule has 1 fully saturated rings. The van der Waals surface area contributed by atoms with Gasteiger partial charge in [-0.25, -0.2) is 13.1 Å². The average molecular weight is 297 g/mol. The number of nitrogens with zero attached hydrogens (tertiary/aromatic N) is 1. The van der Waals surface area contributed by atoms with Crippen LogP contribution >= 0.6 is 0 Å². The molecule has 5 nitrogen and oxygen atoms in total. The topological polar surface area (TPSA) is 75.4 Å². The Morgan fingerprint density at radius 3 is 2.70 bits per heavy atom. The molecule has 2 atom stereocenters. The van der Waals surface area contributed by atoms with E-state index in [0.29, 0.717) is 23.4 Å². The number of hydrogen-bond donors (Lipinski definition) is 2. The Morgan fingerprint density at radius 2 is 2.05 bits per heavy atom. The van der Waals surface area contributed by atoms with E-state index in [9.17, 15) is 8.42 Å². The highest BCUT2D eigenvalue weighted by atomic mass is 32.2. The second-order valence-corrected chi connectivity index (χ2v) is 7.14. The van der Waals surface area contributed by atoms with Crippen LogP contribution in [0.15, 0.2) is 29.2 Å². The Labute approximate surface area is 121 Å². The molecule has 6 heteroatoms. The second kappa shape index (κ2) is 6.11. The van der Waals surface area contributed by atoms with Crippen molar-refractivity contribution in [1.82, 2.24) is 4.72 Å². The van der Waals surface area contributed by atoms with Gasteiger partial charge < -0.3 is 10.6 Å². The van der Waals surface area contributed by atoms with Crippen LogP contribution in [0.2, 0.25) is 0 Å². The molecule has 0 bridgehead atoms. The third-order valence-corrected chi connectivity index (χ3v) is 5.68. The van der Waals surface area contributed by atoms with Crippen molar-refractivity contribution in [2.75, 3.05) is 25.5 Å². The van der Waals surface area contributed by atoms with Crippen molar-refractivity contribution in [3.05, 3.63) is 24.3 Å². The van der Waals surface area contributed by atoms with Crippen LogP contribution in [0.1, 0.15) is 19.3 Å². The zero-order valence-electron chi connectivity index (χ0n) is 12.0. The first-order valence-corrected chi connectivity index (χ1v) is 8.45. The summed E-state index contributed by atoms with van der Waals surface area (Å²) >= 11 is 0. The molecule has 112 valence electrons. The van der Waals surface area contributed by atoms with Gasteiger partial charge in [-0.2, -0.15) is 0 Å². The van der Waals surface area contributed by atoms with Crippen LogP contribution in [0.25, 0.3) is 0 Å². The first-order valence-electron chi connectivity index (χ1n) is 6.96. The summed E-state index contributed by atoms with van der Waals surface area (Å²) in [4.78, 5) is 2.40. The van der Waals surface area contributed by atoms with Crippen LogP contribution in [-0.2, 0) is 10.0 Å². The van der Waals surface area contributed by atoms with Gasteiger partial charge in [-0.3, -0.25) is 0 Å². The lowest BCUT2D eigenvalue weighted by Gasteiger charge is -2.32. The van der Waals surface area contributed by atoms with Gasteiger partial charge in [-0.05, 0) is 44.5 Å². The Balaban J connectivity index is 2.38. The quantitative estimate of drug-likeness (QED) is 0.855. The molecule has 3 N–H and O–H groups in total. The molecule has 0 aliphatic heterocycles. The lowest BCUT2D eigenvalue weighted by atomic mass is 10.0. The molecule has 1 saturated carbocycles. The van der Waals surface area contributed by atoms with Gasteiger partial charge in [0.25, 0.3) is 0 Å². The maximum absolute atomic E-state index is 12.1. The van der Waals surface area contributed by atoms with Gasteiger partial charge in [0, 0.05) is 13.1 Å². The normalized spacial score (nSPS) is 22.9. The predicted octanol–water partition coefficient (Wildman–Crippen LogP) is 1.16. The highest BCUT2D eigenvalue weighted by Crippen LogP contribution is 2.34. The average Bonchev–Trinajstić information content (AvgIpc) is 2.95. The molecule has 20 heavy (non-hydrogen) atoms. The lowest BCUT2D eigenvalue weighted by Crippen LogP contribution is -2.38. The standard InChI is InChI=1S/C14H23N3O2S/c1-16-20(18,19)14-9-4-3-7-13(14)17(2)12-8-5-6-11(12)10-15/h3-4,7,9,11-12,16H,5-6,8,10,15H2,1-2H3. The SMILES string of the molecule is CNS(=O)(=O)c1ccccc1N(C)C1CCCC1CN. The van der Waals surface area contributed by atoms with Crippen LogP contribution in [0.4, 0.5) is 5.69 Å². The summed E-state index contributed by atoms with van der Waals surface area (Å²) in [5.74, 6) is 0.436. The number of anilines is 1. The van der Waals surface area contributed by atoms with Crippen molar-refractivity contribution in [3.8, 4) is 0 Å². The fourth-order valence-electron chi connectivity index (χ4n) is 3.07. The van der Waals surface area contributed by atoms with E-state index < -0.39 is 10.0 Å². The van der Waals surface area contributed by atoms with E-state index in [1.54, 1.807) is 12.1 Å². The molecule has 1 aromatic rings. The van der Waals surface area contributed by atoms with Gasteiger partial charge in [0.2, 0.25) is 10.0 Å².